The van der Waals surface area contributed by atoms with Gasteiger partial charge in [-0.2, -0.15) is 0 Å². The van der Waals surface area contributed by atoms with Gasteiger partial charge < -0.3 is 14.8 Å². The van der Waals surface area contributed by atoms with Gasteiger partial charge in [-0.25, -0.2) is 4.79 Å². The van der Waals surface area contributed by atoms with E-state index >= 15 is 0 Å². The third-order valence-corrected chi connectivity index (χ3v) is 12.3. The van der Waals surface area contributed by atoms with E-state index in [1.54, 1.807) is 0 Å². The standard InChI is InChI=1S/C26H32I3NO4/c1-24(2,17-3-5-30-6-4-17)34-23(32)25-10-15-7-16(11-25)13-26(12-15,14-25)33-22(31)19-8-18(27)9-20(28)21(19)29/h8-9,15-17,30H,3-7,10-14H2,1-2H3. The number of nitrogens with one attached hydrogen (secondary N) is 1. The molecule has 0 aromatic heterocycles. The zero-order valence-electron chi connectivity index (χ0n) is 19.7. The molecule has 34 heavy (non-hydrogen) atoms. The Bertz CT molecular complexity index is 990. The van der Waals surface area contributed by atoms with Gasteiger partial charge >= 0.3 is 11.9 Å². The van der Waals surface area contributed by atoms with Crippen LogP contribution in [0.25, 0.3) is 0 Å². The SMILES string of the molecule is CC(C)(OC(=O)C12CC3CC(CC(OC(=O)c4cc(I)cc(I)c4I)(C3)C1)C2)C1CCNCC1. The molecule has 0 amide bonds. The van der Waals surface area contributed by atoms with Crippen molar-refractivity contribution in [2.24, 2.45) is 23.2 Å². The summed E-state index contributed by atoms with van der Waals surface area (Å²) in [4.78, 5) is 27.2. The summed E-state index contributed by atoms with van der Waals surface area (Å²) in [6, 6.07) is 3.98. The van der Waals surface area contributed by atoms with Gasteiger partial charge in [0.05, 0.1) is 11.0 Å². The summed E-state index contributed by atoms with van der Waals surface area (Å²) in [6.45, 7) is 6.13. The van der Waals surface area contributed by atoms with Crippen LogP contribution in [0.2, 0.25) is 0 Å². The van der Waals surface area contributed by atoms with Gasteiger partial charge in [-0.05, 0) is 164 Å². The molecule has 1 aromatic carbocycles. The quantitative estimate of drug-likeness (QED) is 0.215. The molecule has 1 saturated heterocycles. The van der Waals surface area contributed by atoms with Crippen molar-refractivity contribution in [1.82, 2.24) is 5.32 Å². The molecule has 0 spiro atoms. The Hall–Kier alpha value is 0.310. The van der Waals surface area contributed by atoms with E-state index in [-0.39, 0.29) is 11.9 Å². The van der Waals surface area contributed by atoms with Gasteiger partial charge in [0.15, 0.2) is 0 Å². The van der Waals surface area contributed by atoms with E-state index in [0.717, 1.165) is 68.7 Å². The van der Waals surface area contributed by atoms with E-state index < -0.39 is 16.6 Å². The van der Waals surface area contributed by atoms with Crippen molar-refractivity contribution < 1.29 is 19.1 Å². The zero-order valence-corrected chi connectivity index (χ0v) is 26.2. The lowest BCUT2D eigenvalue weighted by molar-refractivity contribution is -0.209. The van der Waals surface area contributed by atoms with Crippen LogP contribution in [0, 0.1) is 33.9 Å². The van der Waals surface area contributed by atoms with Crippen molar-refractivity contribution in [1.29, 1.82) is 0 Å². The fourth-order valence-corrected chi connectivity index (χ4v) is 9.82. The minimum absolute atomic E-state index is 0.0519. The second-order valence-corrected chi connectivity index (χ2v) is 15.1. The Morgan fingerprint density at radius 3 is 2.32 bits per heavy atom. The molecule has 4 aliphatic carbocycles. The van der Waals surface area contributed by atoms with Crippen LogP contribution in [0.1, 0.15) is 75.6 Å². The lowest BCUT2D eigenvalue weighted by Gasteiger charge is -2.60. The third kappa shape index (κ3) is 4.91. The highest BCUT2D eigenvalue weighted by Gasteiger charge is 2.63. The molecule has 1 heterocycles. The van der Waals surface area contributed by atoms with Crippen LogP contribution >= 0.6 is 67.8 Å². The largest absolute Gasteiger partial charge is 0.459 e. The molecule has 8 heteroatoms. The fraction of sp³-hybridized carbons (Fsp3) is 0.692. The molecule has 0 radical (unpaired) electrons. The van der Waals surface area contributed by atoms with Gasteiger partial charge in [0, 0.05) is 23.0 Å². The normalized spacial score (nSPS) is 33.1. The van der Waals surface area contributed by atoms with Crippen molar-refractivity contribution in [3.05, 3.63) is 28.4 Å². The molecule has 1 N–H and O–H groups in total. The molecule has 5 aliphatic rings. The third-order valence-electron chi connectivity index (χ3n) is 8.64. The van der Waals surface area contributed by atoms with Gasteiger partial charge in [-0.3, -0.25) is 4.79 Å². The van der Waals surface area contributed by atoms with Gasteiger partial charge in [0.2, 0.25) is 0 Å². The van der Waals surface area contributed by atoms with Crippen LogP contribution in [0.4, 0.5) is 0 Å². The molecule has 2 unspecified atom stereocenters. The predicted octanol–water partition coefficient (Wildman–Crippen LogP) is 6.32. The maximum atomic E-state index is 13.8. The van der Waals surface area contributed by atoms with Crippen LogP contribution in [-0.2, 0) is 14.3 Å². The zero-order chi connectivity index (χ0) is 24.3. The Morgan fingerprint density at radius 2 is 1.68 bits per heavy atom. The van der Waals surface area contributed by atoms with Crippen molar-refractivity contribution >= 4 is 79.7 Å². The summed E-state index contributed by atoms with van der Waals surface area (Å²) in [7, 11) is 0. The Kier molecular flexibility index (Phi) is 7.29. The van der Waals surface area contributed by atoms with Gasteiger partial charge in [-0.15, -0.1) is 0 Å². The highest BCUT2D eigenvalue weighted by atomic mass is 127. The monoisotopic (exact) mass is 803 g/mol. The number of hydrogen-bond acceptors (Lipinski definition) is 5. The minimum Gasteiger partial charge on any atom is -0.459 e. The number of benzene rings is 1. The highest BCUT2D eigenvalue weighted by molar-refractivity contribution is 14.1. The number of carbonyl (C=O) groups is 2. The van der Waals surface area contributed by atoms with Crippen LogP contribution in [0.3, 0.4) is 0 Å². The number of hydrogen-bond donors (Lipinski definition) is 1. The molecule has 1 aliphatic heterocycles. The van der Waals surface area contributed by atoms with E-state index in [2.05, 4.69) is 93.0 Å². The van der Waals surface area contributed by atoms with Gasteiger partial charge in [-0.1, -0.05) is 0 Å². The van der Waals surface area contributed by atoms with Crippen LogP contribution in [-0.4, -0.2) is 36.2 Å². The van der Waals surface area contributed by atoms with Crippen LogP contribution < -0.4 is 5.32 Å². The summed E-state index contributed by atoms with van der Waals surface area (Å²) in [6.07, 6.45) is 7.33. The molecule has 2 atom stereocenters. The first-order chi connectivity index (χ1) is 16.0. The molecule has 5 fully saturated rings. The maximum absolute atomic E-state index is 13.8. The Morgan fingerprint density at radius 1 is 1.03 bits per heavy atom. The minimum atomic E-state index is -0.547. The molecule has 186 valence electrons. The highest BCUT2D eigenvalue weighted by Crippen LogP contribution is 2.63. The maximum Gasteiger partial charge on any atom is 0.339 e. The second kappa shape index (κ2) is 9.56. The number of rotatable bonds is 5. The Labute approximate surface area is 243 Å². The van der Waals surface area contributed by atoms with E-state index in [0.29, 0.717) is 29.7 Å². The van der Waals surface area contributed by atoms with Crippen LogP contribution in [0.5, 0.6) is 0 Å². The number of piperidine rings is 1. The lowest BCUT2D eigenvalue weighted by Crippen LogP contribution is -2.61. The van der Waals surface area contributed by atoms with E-state index in [1.165, 1.54) is 0 Å². The number of ether oxygens (including phenoxy) is 2. The summed E-state index contributed by atoms with van der Waals surface area (Å²) < 4.78 is 15.7. The molecule has 6 rings (SSSR count). The Balaban J connectivity index is 1.37. The number of carbonyl (C=O) groups excluding carboxylic acids is 2. The molecule has 1 aromatic rings. The summed E-state index contributed by atoms with van der Waals surface area (Å²) >= 11 is 6.76. The molecular formula is C26H32I3NO4. The fourth-order valence-electron chi connectivity index (χ4n) is 7.44. The number of halogens is 3. The topological polar surface area (TPSA) is 64.6 Å². The molecule has 5 nitrogen and oxygen atoms in total. The van der Waals surface area contributed by atoms with E-state index in [9.17, 15) is 9.59 Å². The molecule has 4 bridgehead atoms. The lowest BCUT2D eigenvalue weighted by atomic mass is 9.48. The summed E-state index contributed by atoms with van der Waals surface area (Å²) in [5.41, 5.74) is -0.896. The predicted molar refractivity (Wildman–Crippen MR) is 156 cm³/mol. The van der Waals surface area contributed by atoms with Crippen LogP contribution in [0.15, 0.2) is 12.1 Å². The summed E-state index contributed by atoms with van der Waals surface area (Å²) in [5.74, 6) is 0.936. The first kappa shape index (κ1) is 25.9. The van der Waals surface area contributed by atoms with E-state index in [1.807, 2.05) is 6.07 Å². The van der Waals surface area contributed by atoms with Gasteiger partial charge in [0.1, 0.15) is 11.2 Å². The molecule has 4 saturated carbocycles. The van der Waals surface area contributed by atoms with Gasteiger partial charge in [0.25, 0.3) is 0 Å². The average molecular weight is 803 g/mol. The molecular weight excluding hydrogens is 771 g/mol. The van der Waals surface area contributed by atoms with E-state index in [4.69, 9.17) is 9.47 Å². The average Bonchev–Trinajstić information content (AvgIpc) is 2.75. The van der Waals surface area contributed by atoms with Crippen molar-refractivity contribution in [3.8, 4) is 0 Å². The number of esters is 2. The van der Waals surface area contributed by atoms with Crippen molar-refractivity contribution in [2.75, 3.05) is 13.1 Å². The second-order valence-electron chi connectivity index (χ2n) is 11.6. The van der Waals surface area contributed by atoms with Crippen molar-refractivity contribution in [2.45, 2.75) is 76.4 Å². The smallest absolute Gasteiger partial charge is 0.339 e. The summed E-state index contributed by atoms with van der Waals surface area (Å²) in [5, 5.41) is 3.41. The van der Waals surface area contributed by atoms with Crippen molar-refractivity contribution in [3.63, 3.8) is 0 Å². The first-order valence-corrected chi connectivity index (χ1v) is 15.6. The first-order valence-electron chi connectivity index (χ1n) is 12.3.